The number of hydrogen-bond acceptors (Lipinski definition) is 15. The summed E-state index contributed by atoms with van der Waals surface area (Å²) in [5.74, 6) is -3.03. The second-order valence-corrected chi connectivity index (χ2v) is 21.3. The number of Topliss-reactive ketones (excluding diaryl/α,β-unsaturated/α-hetero) is 1. The number of ketones is 1. The number of hydrogen-bond donors (Lipinski definition) is 12. The van der Waals surface area contributed by atoms with Gasteiger partial charge in [-0.2, -0.15) is 0 Å². The largest absolute Gasteiger partial charge is 0.461 e. The lowest BCUT2D eigenvalue weighted by Gasteiger charge is -2.34. The van der Waals surface area contributed by atoms with Crippen LogP contribution in [-0.4, -0.2) is 151 Å². The molecular weight excluding hydrogens is 1180 g/mol. The number of nitrogens with one attached hydrogen (secondary N) is 9. The minimum absolute atomic E-state index is 0.0590. The maximum atomic E-state index is 13.7. The van der Waals surface area contributed by atoms with Gasteiger partial charge in [0, 0.05) is 105 Å². The van der Waals surface area contributed by atoms with Gasteiger partial charge in [-0.25, -0.2) is 12.6 Å². The summed E-state index contributed by atoms with van der Waals surface area (Å²) in [6.45, 7) is 0.00343. The molecule has 4 rings (SSSR count). The molecule has 0 heterocycles. The van der Waals surface area contributed by atoms with Crippen LogP contribution in [0.1, 0.15) is 107 Å². The van der Waals surface area contributed by atoms with Crippen LogP contribution in [0.5, 0.6) is 0 Å². The van der Waals surface area contributed by atoms with E-state index >= 15 is 0 Å². The van der Waals surface area contributed by atoms with E-state index < -0.39 is 51.2 Å². The average molecular weight is 1260 g/mol. The van der Waals surface area contributed by atoms with E-state index in [9.17, 15) is 51.0 Å². The molecule has 0 bridgehead atoms. The van der Waals surface area contributed by atoms with Crippen LogP contribution < -0.4 is 46.1 Å². The van der Waals surface area contributed by atoms with Gasteiger partial charge < -0.3 is 50.8 Å². The number of carbonyl (C=O) groups excluding carboxylic acids is 8. The monoisotopic (exact) mass is 1260 g/mol. The number of rotatable bonds is 44. The van der Waals surface area contributed by atoms with Gasteiger partial charge in [0.15, 0.2) is 5.78 Å². The molecule has 4 aromatic carbocycles. The molecule has 3 atom stereocenters. The van der Waals surface area contributed by atoms with Crippen LogP contribution in [0, 0.1) is 0 Å². The Labute approximate surface area is 506 Å². The third kappa shape index (κ3) is 31.0. The summed E-state index contributed by atoms with van der Waals surface area (Å²) in [4.78, 5) is 103. The number of ether oxygens (including phenoxy) is 4. The molecular formula is C56H75N9O18S3. The Balaban J connectivity index is 1.32. The average Bonchev–Trinajstić information content (AvgIpc) is 3.52. The highest BCUT2D eigenvalue weighted by molar-refractivity contribution is 7.81. The van der Waals surface area contributed by atoms with E-state index in [1.54, 1.807) is 12.1 Å². The molecule has 0 saturated heterocycles. The van der Waals surface area contributed by atoms with Gasteiger partial charge in [0.1, 0.15) is 12.1 Å². The topological polar surface area (TPSA) is 394 Å². The predicted molar refractivity (Wildman–Crippen MR) is 321 cm³/mol. The summed E-state index contributed by atoms with van der Waals surface area (Å²) in [5, 5.41) is 16.7. The summed E-state index contributed by atoms with van der Waals surface area (Å²) in [6.07, 6.45) is 1.54. The molecule has 0 aliphatic heterocycles. The second kappa shape index (κ2) is 40.7. The Bertz CT molecular complexity index is 2610. The standard InChI is InChI=1S/C56H75N9O18S3/c66-48(42-14-20-45(21-15-42)63-84(74)75)11-4-5-29-57-49(67)26-34-80-38-56(62-52(70)12-6-13-53(71)83-37-41-9-2-1-3-10-41,39-81-35-27-50(68)58-30-7-32-60-54(72)43-16-22-46(23-17-43)64-85(76)77)40-82-36-28-51(69)59-31-8-33-61-55(73)44-18-24-47(25-19-44)65-86(78)79/h1-3,9-10,14-25,63-65H,4-8,11-13,26-40H2,(H,57,67)(H,58,68)(H,59,69)(H,60,72)(H,61,73)(H,62,70)(H,74,75)(H,76,77)(H,78,79). The molecule has 0 aliphatic carbocycles. The molecule has 30 heteroatoms. The molecule has 0 fully saturated rings. The van der Waals surface area contributed by atoms with E-state index in [2.05, 4.69) is 46.1 Å². The minimum atomic E-state index is -2.26. The van der Waals surface area contributed by atoms with Gasteiger partial charge >= 0.3 is 5.97 Å². The second-order valence-electron chi connectivity index (χ2n) is 19.2. The van der Waals surface area contributed by atoms with E-state index in [4.69, 9.17) is 32.6 Å². The van der Waals surface area contributed by atoms with Gasteiger partial charge in [-0.05, 0) is 110 Å². The molecule has 0 aromatic heterocycles. The first-order valence-corrected chi connectivity index (χ1v) is 30.8. The normalized spacial score (nSPS) is 12.6. The van der Waals surface area contributed by atoms with Crippen molar-refractivity contribution in [2.75, 3.05) is 86.5 Å². The molecule has 6 amide bonds. The van der Waals surface area contributed by atoms with Gasteiger partial charge in [-0.1, -0.05) is 30.3 Å². The molecule has 12 N–H and O–H groups in total. The lowest BCUT2D eigenvalue weighted by atomic mass is 10.0. The van der Waals surface area contributed by atoms with Crippen LogP contribution in [-0.2, 0) is 83.3 Å². The van der Waals surface area contributed by atoms with Crippen LogP contribution in [0.2, 0.25) is 0 Å². The van der Waals surface area contributed by atoms with Crippen LogP contribution in [0.4, 0.5) is 17.1 Å². The van der Waals surface area contributed by atoms with Gasteiger partial charge in [-0.3, -0.25) is 66.2 Å². The van der Waals surface area contributed by atoms with Crippen molar-refractivity contribution in [3.05, 3.63) is 125 Å². The highest BCUT2D eigenvalue weighted by Crippen LogP contribution is 2.16. The van der Waals surface area contributed by atoms with E-state index in [-0.39, 0.29) is 159 Å². The SMILES string of the molecule is O=C(CCOCC(COCCC(=O)NCCCNC(=O)c1ccc(NS(=O)O)cc1)(COCCC(=O)NCCCNC(=O)c1ccc(NS(=O)O)cc1)NC(=O)CCCC(=O)OCc1ccccc1)NCCCCC(=O)c1ccc(NS(=O)O)cc1. The Hall–Kier alpha value is -7.55. The molecule has 0 spiro atoms. The van der Waals surface area contributed by atoms with Crippen molar-refractivity contribution >= 4 is 98.1 Å². The van der Waals surface area contributed by atoms with Crippen molar-refractivity contribution in [2.45, 2.75) is 82.8 Å². The maximum Gasteiger partial charge on any atom is 0.306 e. The zero-order valence-electron chi connectivity index (χ0n) is 47.3. The Kier molecular flexibility index (Phi) is 33.6. The number of amides is 6. The summed E-state index contributed by atoms with van der Waals surface area (Å²) in [7, 11) is 0. The molecule has 3 unspecified atom stereocenters. The molecule has 0 aliphatic rings. The van der Waals surface area contributed by atoms with Crippen molar-refractivity contribution in [1.29, 1.82) is 0 Å². The zero-order chi connectivity index (χ0) is 62.4. The zero-order valence-corrected chi connectivity index (χ0v) is 49.7. The third-order valence-electron chi connectivity index (χ3n) is 12.2. The summed E-state index contributed by atoms with van der Waals surface area (Å²) < 4.78 is 90.2. The van der Waals surface area contributed by atoms with Crippen molar-refractivity contribution in [1.82, 2.24) is 31.9 Å². The van der Waals surface area contributed by atoms with Crippen LogP contribution in [0.25, 0.3) is 0 Å². The summed E-state index contributed by atoms with van der Waals surface area (Å²) in [5.41, 5.74) is 1.48. The van der Waals surface area contributed by atoms with Crippen molar-refractivity contribution in [3.8, 4) is 0 Å². The number of unbranched alkanes of at least 4 members (excludes halogenated alkanes) is 1. The fourth-order valence-electron chi connectivity index (χ4n) is 7.79. The number of anilines is 3. The predicted octanol–water partition coefficient (Wildman–Crippen LogP) is 3.66. The van der Waals surface area contributed by atoms with Gasteiger partial charge in [0.05, 0.1) is 39.6 Å². The molecule has 0 radical (unpaired) electrons. The van der Waals surface area contributed by atoms with Gasteiger partial charge in [-0.15, -0.1) is 0 Å². The van der Waals surface area contributed by atoms with Crippen molar-refractivity contribution in [2.24, 2.45) is 0 Å². The fourth-order valence-corrected chi connectivity index (χ4v) is 8.80. The molecule has 470 valence electrons. The van der Waals surface area contributed by atoms with E-state index in [1.807, 2.05) is 30.3 Å². The number of benzene rings is 4. The highest BCUT2D eigenvalue weighted by atomic mass is 32.2. The molecule has 86 heavy (non-hydrogen) atoms. The first-order chi connectivity index (χ1) is 41.4. The third-order valence-corrected chi connectivity index (χ3v) is 13.4. The smallest absolute Gasteiger partial charge is 0.306 e. The Morgan fingerprint density at radius 1 is 0.407 bits per heavy atom. The quantitative estimate of drug-likeness (QED) is 0.0130. The van der Waals surface area contributed by atoms with E-state index in [0.717, 1.165) is 5.56 Å². The van der Waals surface area contributed by atoms with Crippen molar-refractivity contribution in [3.63, 3.8) is 0 Å². The first-order valence-electron chi connectivity index (χ1n) is 27.4. The number of carbonyl (C=O) groups is 8. The summed E-state index contributed by atoms with van der Waals surface area (Å²) in [6, 6.07) is 27.1. The fraction of sp³-hybridized carbons (Fsp3) is 0.429. The first kappa shape index (κ1) is 70.9. The Morgan fingerprint density at radius 3 is 1.22 bits per heavy atom. The van der Waals surface area contributed by atoms with Crippen molar-refractivity contribution < 1.29 is 83.6 Å². The maximum absolute atomic E-state index is 13.7. The Morgan fingerprint density at radius 2 is 0.802 bits per heavy atom. The minimum Gasteiger partial charge on any atom is -0.461 e. The molecule has 4 aromatic rings. The van der Waals surface area contributed by atoms with E-state index in [1.165, 1.54) is 60.7 Å². The number of esters is 1. The highest BCUT2D eigenvalue weighted by Gasteiger charge is 2.34. The lowest BCUT2D eigenvalue weighted by Crippen LogP contribution is -2.58. The van der Waals surface area contributed by atoms with Crippen LogP contribution >= 0.6 is 0 Å². The van der Waals surface area contributed by atoms with Gasteiger partial charge in [0.2, 0.25) is 23.6 Å². The molecule has 27 nitrogen and oxygen atoms in total. The lowest BCUT2D eigenvalue weighted by molar-refractivity contribution is -0.145. The van der Waals surface area contributed by atoms with Crippen LogP contribution in [0.15, 0.2) is 103 Å². The molecule has 0 saturated carbocycles. The van der Waals surface area contributed by atoms with Crippen LogP contribution in [0.3, 0.4) is 0 Å². The van der Waals surface area contributed by atoms with Gasteiger partial charge in [0.25, 0.3) is 45.6 Å². The summed E-state index contributed by atoms with van der Waals surface area (Å²) >= 11 is -6.78. The van der Waals surface area contributed by atoms with E-state index in [0.29, 0.717) is 59.4 Å².